The van der Waals surface area contributed by atoms with Gasteiger partial charge in [-0.2, -0.15) is 0 Å². The van der Waals surface area contributed by atoms with Crippen LogP contribution in [0, 0.1) is 23.7 Å². The monoisotopic (exact) mass is 836 g/mol. The van der Waals surface area contributed by atoms with Crippen LogP contribution in [-0.2, 0) is 28.6 Å². The van der Waals surface area contributed by atoms with Gasteiger partial charge in [0.2, 0.25) is 11.8 Å². The molecule has 0 aromatic carbocycles. The first-order chi connectivity index (χ1) is 28.5. The summed E-state index contributed by atoms with van der Waals surface area (Å²) in [6, 6.07) is 0.279. The molecule has 11 heteroatoms. The second-order valence-electron chi connectivity index (χ2n) is 21.6. The van der Waals surface area contributed by atoms with Crippen molar-refractivity contribution in [3.05, 3.63) is 11.3 Å². The molecule has 0 radical (unpaired) electrons. The number of aliphatic hydroxyl groups is 1. The van der Waals surface area contributed by atoms with Gasteiger partial charge in [0, 0.05) is 37.9 Å². The van der Waals surface area contributed by atoms with E-state index in [0.717, 1.165) is 109 Å². The maximum absolute atomic E-state index is 15.7. The maximum atomic E-state index is 15.7. The van der Waals surface area contributed by atoms with Crippen molar-refractivity contribution in [3.8, 4) is 0 Å². The number of hydrogen-bond donors (Lipinski definition) is 1. The molecule has 4 aliphatic heterocycles. The van der Waals surface area contributed by atoms with Crippen LogP contribution in [0.25, 0.3) is 0 Å². The highest BCUT2D eigenvalue weighted by Crippen LogP contribution is 2.62. The van der Waals surface area contributed by atoms with Gasteiger partial charge in [-0.15, -0.1) is 0 Å². The number of aliphatic hydroxyl groups excluding tert-OH is 1. The van der Waals surface area contributed by atoms with Crippen molar-refractivity contribution in [3.63, 3.8) is 0 Å². The van der Waals surface area contributed by atoms with E-state index in [1.165, 1.54) is 43.4 Å². The second-order valence-corrected chi connectivity index (χ2v) is 26.7. The lowest BCUT2D eigenvalue weighted by Crippen LogP contribution is -2.60. The average Bonchev–Trinajstić information content (AvgIpc) is 3.68. The number of carbonyl (C=O) groups is 3. The fraction of sp³-hybridized carbons (Fsp3) is 0.896. The zero-order valence-electron chi connectivity index (χ0n) is 37.1. The van der Waals surface area contributed by atoms with Crippen LogP contribution in [0.3, 0.4) is 0 Å². The molecule has 0 aromatic heterocycles. The van der Waals surface area contributed by atoms with Crippen molar-refractivity contribution >= 4 is 25.8 Å². The van der Waals surface area contributed by atoms with Crippen LogP contribution in [0.15, 0.2) is 11.3 Å². The number of fused-ring (bicyclic) bond motifs is 3. The number of nitrogens with zero attached hydrogens (tertiary/aromatic N) is 3. The van der Waals surface area contributed by atoms with Crippen LogP contribution in [0.5, 0.6) is 0 Å². The molecular formula is C48H77N3O7Si. The van der Waals surface area contributed by atoms with E-state index in [0.29, 0.717) is 42.4 Å². The number of rotatable bonds is 9. The Hall–Kier alpha value is -1.79. The Morgan fingerprint density at radius 1 is 0.881 bits per heavy atom. The Labute approximate surface area is 355 Å². The molecule has 7 fully saturated rings. The number of likely N-dealkylation sites (tertiary alicyclic amines) is 1. The number of amides is 3. The minimum Gasteiger partial charge on any atom is -0.394 e. The first-order valence-corrected chi connectivity index (χ1v) is 27.8. The van der Waals surface area contributed by atoms with E-state index < -0.39 is 13.7 Å². The highest BCUT2D eigenvalue weighted by atomic mass is 28.3. The smallest absolute Gasteiger partial charge is 0.263 e. The quantitative estimate of drug-likeness (QED) is 0.235. The summed E-state index contributed by atoms with van der Waals surface area (Å²) in [6.45, 7) is 9.10. The minimum absolute atomic E-state index is 0.0138. The van der Waals surface area contributed by atoms with Crippen LogP contribution in [-0.4, -0.2) is 121 Å². The largest absolute Gasteiger partial charge is 0.394 e. The molecule has 4 saturated carbocycles. The Morgan fingerprint density at radius 3 is 2.41 bits per heavy atom. The molecular weight excluding hydrogens is 759 g/mol. The fourth-order valence-electron chi connectivity index (χ4n) is 15.3. The molecule has 4 heterocycles. The van der Waals surface area contributed by atoms with Gasteiger partial charge < -0.3 is 34.0 Å². The van der Waals surface area contributed by atoms with Gasteiger partial charge in [-0.3, -0.25) is 14.4 Å². The number of ether oxygens (including phenoxy) is 3. The summed E-state index contributed by atoms with van der Waals surface area (Å²) in [4.78, 5) is 50.4. The zero-order chi connectivity index (χ0) is 41.1. The molecule has 3 saturated heterocycles. The number of carbonyl (C=O) groups excluding carboxylic acids is 3. The maximum Gasteiger partial charge on any atom is 0.263 e. The number of morpholine rings is 1. The van der Waals surface area contributed by atoms with Crippen molar-refractivity contribution in [2.75, 3.05) is 33.4 Å². The lowest BCUT2D eigenvalue weighted by Gasteiger charge is -2.49. The highest BCUT2D eigenvalue weighted by molar-refractivity contribution is 6.80. The summed E-state index contributed by atoms with van der Waals surface area (Å²) < 4.78 is 19.5. The lowest BCUT2D eigenvalue weighted by molar-refractivity contribution is -0.167. The third-order valence-corrected chi connectivity index (χ3v) is 23.6. The van der Waals surface area contributed by atoms with Gasteiger partial charge in [0.15, 0.2) is 5.60 Å². The van der Waals surface area contributed by atoms with Crippen LogP contribution < -0.4 is 0 Å². The SMILES string of the molecule is COC1CCC([Si](C)(C)[C@@H]2[C@@H](CC(=O)N3CC4CCCCC4C[C@H]3CO)O[C@]3(C(=O)N(CC4CCCC(N5C(=O)COC6CCCCC65)C4)C4=C3CCCC4)[C@H]2C)CC1. The predicted octanol–water partition coefficient (Wildman–Crippen LogP) is 7.99. The third kappa shape index (κ3) is 7.62. The molecule has 0 aromatic rings. The number of allylic oxidation sites excluding steroid dienone is 1. The molecule has 5 aliphatic carbocycles. The highest BCUT2D eigenvalue weighted by Gasteiger charge is 2.68. The van der Waals surface area contributed by atoms with E-state index in [4.69, 9.17) is 14.2 Å². The van der Waals surface area contributed by atoms with E-state index >= 15 is 4.79 Å². The molecule has 3 amide bonds. The van der Waals surface area contributed by atoms with Crippen molar-refractivity contribution in [2.45, 2.75) is 214 Å². The summed E-state index contributed by atoms with van der Waals surface area (Å²) in [5, 5.41) is 10.6. The van der Waals surface area contributed by atoms with E-state index in [1.807, 2.05) is 12.0 Å². The van der Waals surface area contributed by atoms with E-state index in [-0.39, 0.29) is 72.7 Å². The second kappa shape index (κ2) is 17.4. The van der Waals surface area contributed by atoms with Crippen LogP contribution in [0.1, 0.15) is 148 Å². The molecule has 330 valence electrons. The molecule has 6 unspecified atom stereocenters. The summed E-state index contributed by atoms with van der Waals surface area (Å²) >= 11 is 0. The first-order valence-electron chi connectivity index (χ1n) is 24.6. The number of methoxy groups -OCH3 is 1. The molecule has 9 aliphatic rings. The predicted molar refractivity (Wildman–Crippen MR) is 230 cm³/mol. The molecule has 9 rings (SSSR count). The van der Waals surface area contributed by atoms with Gasteiger partial charge in [-0.25, -0.2) is 0 Å². The Bertz CT molecular complexity index is 1600. The van der Waals surface area contributed by atoms with Crippen LogP contribution in [0.2, 0.25) is 24.2 Å². The number of piperidine rings is 1. The van der Waals surface area contributed by atoms with Crippen LogP contribution >= 0.6 is 0 Å². The Balaban J connectivity index is 0.995. The molecule has 59 heavy (non-hydrogen) atoms. The summed E-state index contributed by atoms with van der Waals surface area (Å²) in [5.74, 6) is 1.84. The molecule has 1 spiro atoms. The van der Waals surface area contributed by atoms with E-state index in [2.05, 4.69) is 29.8 Å². The first kappa shape index (κ1) is 42.5. The van der Waals surface area contributed by atoms with E-state index in [9.17, 15) is 14.7 Å². The van der Waals surface area contributed by atoms with Crippen molar-refractivity contribution in [2.24, 2.45) is 23.7 Å². The topological polar surface area (TPSA) is 109 Å². The molecule has 1 N–H and O–H groups in total. The van der Waals surface area contributed by atoms with Gasteiger partial charge in [-0.1, -0.05) is 71.4 Å². The third-order valence-electron chi connectivity index (χ3n) is 18.4. The van der Waals surface area contributed by atoms with Crippen molar-refractivity contribution < 1.29 is 33.7 Å². The lowest BCUT2D eigenvalue weighted by atomic mass is 9.73. The van der Waals surface area contributed by atoms with Gasteiger partial charge in [0.05, 0.1) is 51.5 Å². The summed E-state index contributed by atoms with van der Waals surface area (Å²) in [6.07, 6.45) is 23.2. The molecule has 10 nitrogen and oxygen atoms in total. The Morgan fingerprint density at radius 2 is 1.63 bits per heavy atom. The summed E-state index contributed by atoms with van der Waals surface area (Å²) in [5.41, 5.74) is 2.17. The molecule has 11 atom stereocenters. The normalized spacial score (nSPS) is 41.9. The van der Waals surface area contributed by atoms with Crippen molar-refractivity contribution in [1.82, 2.24) is 14.7 Å². The van der Waals surface area contributed by atoms with Gasteiger partial charge in [-0.05, 0) is 118 Å². The Kier molecular flexibility index (Phi) is 12.5. The average molecular weight is 836 g/mol. The number of hydrogen-bond acceptors (Lipinski definition) is 7. The minimum atomic E-state index is -2.14. The van der Waals surface area contributed by atoms with E-state index in [1.54, 1.807) is 0 Å². The van der Waals surface area contributed by atoms with Gasteiger partial charge in [0.25, 0.3) is 5.91 Å². The fourth-order valence-corrected chi connectivity index (χ4v) is 20.4. The van der Waals surface area contributed by atoms with Gasteiger partial charge in [0.1, 0.15) is 6.61 Å². The van der Waals surface area contributed by atoms with Gasteiger partial charge >= 0.3 is 0 Å². The standard InChI is InChI=1S/C48H77N3O7Si/c1-31-46(59(3,4)38-22-20-37(56-2)21-23-38)43(26-44(53)49-28-34-14-6-5-13-33(34)25-36(49)29-52)58-48(31)39-16-7-8-17-40(39)50(47(48)55)27-32-12-11-15-35(24-32)51-41-18-9-10-19-42(41)57-30-45(51)54/h31-38,41-43,46,52H,5-30H2,1-4H3/t31-,32?,33?,34?,35?,36-,37?,38?,41?,42?,43+,46-,48+/m0/s1. The zero-order valence-corrected chi connectivity index (χ0v) is 38.1. The molecule has 0 bridgehead atoms. The van der Waals surface area contributed by atoms with Crippen LogP contribution in [0.4, 0.5) is 0 Å². The summed E-state index contributed by atoms with van der Waals surface area (Å²) in [7, 11) is -0.299. The van der Waals surface area contributed by atoms with Crippen molar-refractivity contribution in [1.29, 1.82) is 0 Å².